The Morgan fingerprint density at radius 3 is 2.75 bits per heavy atom. The summed E-state index contributed by atoms with van der Waals surface area (Å²) in [5, 5.41) is 9.21. The molecule has 0 radical (unpaired) electrons. The molecule has 0 saturated carbocycles. The van der Waals surface area contributed by atoms with Crippen molar-refractivity contribution in [2.75, 3.05) is 6.61 Å². The molecule has 16 heavy (non-hydrogen) atoms. The maximum atomic E-state index is 11.3. The third-order valence-electron chi connectivity index (χ3n) is 2.11. The maximum absolute atomic E-state index is 11.3. The highest BCUT2D eigenvalue weighted by molar-refractivity contribution is 6.31. The number of nitriles is 1. The van der Waals surface area contributed by atoms with Gasteiger partial charge in [-0.3, -0.25) is 4.79 Å². The third kappa shape index (κ3) is 2.98. The molecule has 0 aliphatic rings. The fraction of sp³-hybridized carbons (Fsp3) is 0.333. The number of benzene rings is 1. The molecule has 0 unspecified atom stereocenters. The van der Waals surface area contributed by atoms with Gasteiger partial charge < -0.3 is 4.74 Å². The van der Waals surface area contributed by atoms with Crippen molar-refractivity contribution < 1.29 is 9.53 Å². The highest BCUT2D eigenvalue weighted by atomic mass is 35.5. The van der Waals surface area contributed by atoms with Gasteiger partial charge in [0.2, 0.25) is 0 Å². The minimum Gasteiger partial charge on any atom is -0.466 e. The van der Waals surface area contributed by atoms with Crippen LogP contribution in [0.4, 0.5) is 0 Å². The number of hydrogen-bond acceptors (Lipinski definition) is 3. The number of esters is 1. The molecule has 84 valence electrons. The van der Waals surface area contributed by atoms with Crippen LogP contribution in [-0.4, -0.2) is 12.6 Å². The smallest absolute Gasteiger partial charge is 0.310 e. The van der Waals surface area contributed by atoms with Gasteiger partial charge in [0.15, 0.2) is 0 Å². The van der Waals surface area contributed by atoms with Gasteiger partial charge in [0, 0.05) is 0 Å². The molecule has 0 aliphatic heterocycles. The first kappa shape index (κ1) is 12.5. The maximum Gasteiger partial charge on any atom is 0.310 e. The molecule has 1 aromatic rings. The number of hydrogen-bond donors (Lipinski definition) is 0. The Hall–Kier alpha value is -1.53. The lowest BCUT2D eigenvalue weighted by molar-refractivity contribution is -0.142. The van der Waals surface area contributed by atoms with Crippen molar-refractivity contribution in [2.24, 2.45) is 0 Å². The van der Waals surface area contributed by atoms with Gasteiger partial charge in [-0.25, -0.2) is 0 Å². The molecule has 0 N–H and O–H groups in total. The molecule has 0 aliphatic carbocycles. The number of halogens is 1. The zero-order valence-corrected chi connectivity index (χ0v) is 9.97. The predicted octanol–water partition coefficient (Wildman–Crippen LogP) is 2.63. The molecule has 1 rings (SSSR count). The molecule has 0 saturated heterocycles. The van der Waals surface area contributed by atoms with Crippen molar-refractivity contribution in [1.29, 1.82) is 5.26 Å². The molecule has 3 nitrogen and oxygen atoms in total. The van der Waals surface area contributed by atoms with E-state index in [0.29, 0.717) is 17.2 Å². The summed E-state index contributed by atoms with van der Waals surface area (Å²) < 4.78 is 4.84. The highest BCUT2D eigenvalue weighted by Gasteiger charge is 2.09. The lowest BCUT2D eigenvalue weighted by atomic mass is 10.0. The van der Waals surface area contributed by atoms with E-state index in [4.69, 9.17) is 21.6 Å². The van der Waals surface area contributed by atoms with Crippen molar-refractivity contribution in [2.45, 2.75) is 20.3 Å². The molecule has 0 spiro atoms. The quantitative estimate of drug-likeness (QED) is 0.760. The van der Waals surface area contributed by atoms with Crippen LogP contribution < -0.4 is 0 Å². The highest BCUT2D eigenvalue weighted by Crippen LogP contribution is 2.21. The normalized spacial score (nSPS) is 9.62. The number of carbonyl (C=O) groups is 1. The van der Waals surface area contributed by atoms with Crippen molar-refractivity contribution in [3.05, 3.63) is 33.8 Å². The van der Waals surface area contributed by atoms with Gasteiger partial charge in [0.25, 0.3) is 0 Å². The van der Waals surface area contributed by atoms with Crippen LogP contribution in [0, 0.1) is 18.3 Å². The second-order valence-electron chi connectivity index (χ2n) is 3.36. The van der Waals surface area contributed by atoms with E-state index in [1.54, 1.807) is 26.0 Å². The van der Waals surface area contributed by atoms with Crippen LogP contribution in [0.2, 0.25) is 5.02 Å². The first-order valence-electron chi connectivity index (χ1n) is 4.93. The Bertz CT molecular complexity index is 426. The lowest BCUT2D eigenvalue weighted by Gasteiger charge is -2.06. The molecule has 0 bridgehead atoms. The minimum absolute atomic E-state index is 0.181. The van der Waals surface area contributed by atoms with Crippen molar-refractivity contribution in [3.8, 4) is 6.07 Å². The van der Waals surface area contributed by atoms with Crippen LogP contribution in [0.5, 0.6) is 0 Å². The van der Waals surface area contributed by atoms with Crippen molar-refractivity contribution in [1.82, 2.24) is 0 Å². The molecule has 0 amide bonds. The van der Waals surface area contributed by atoms with Gasteiger partial charge in [-0.05, 0) is 31.0 Å². The Morgan fingerprint density at radius 1 is 1.56 bits per heavy atom. The fourth-order valence-corrected chi connectivity index (χ4v) is 1.77. The average Bonchev–Trinajstić information content (AvgIpc) is 2.17. The van der Waals surface area contributed by atoms with E-state index < -0.39 is 0 Å². The summed E-state index contributed by atoms with van der Waals surface area (Å²) in [6, 6.07) is 5.43. The van der Waals surface area contributed by atoms with Crippen LogP contribution in [0.15, 0.2) is 12.1 Å². The molecule has 0 heterocycles. The molecular weight excluding hydrogens is 226 g/mol. The summed E-state index contributed by atoms with van der Waals surface area (Å²) in [5.41, 5.74) is 1.99. The molecule has 0 atom stereocenters. The Balaban J connectivity index is 2.93. The van der Waals surface area contributed by atoms with Crippen LogP contribution in [0.3, 0.4) is 0 Å². The van der Waals surface area contributed by atoms with Crippen LogP contribution in [0.1, 0.15) is 23.6 Å². The SMILES string of the molecule is CCOC(=O)Cc1cc(C)c(C#N)c(Cl)c1. The van der Waals surface area contributed by atoms with Gasteiger partial charge in [0.05, 0.1) is 23.6 Å². The lowest BCUT2D eigenvalue weighted by Crippen LogP contribution is -2.07. The summed E-state index contributed by atoms with van der Waals surface area (Å²) in [6.07, 6.45) is 0.181. The van der Waals surface area contributed by atoms with E-state index in [1.807, 2.05) is 6.07 Å². The molecule has 0 fully saturated rings. The average molecular weight is 238 g/mol. The van der Waals surface area contributed by atoms with Crippen LogP contribution in [0.25, 0.3) is 0 Å². The monoisotopic (exact) mass is 237 g/mol. The molecular formula is C12H12ClNO2. The summed E-state index contributed by atoms with van der Waals surface area (Å²) in [6.45, 7) is 3.91. The summed E-state index contributed by atoms with van der Waals surface area (Å²) >= 11 is 5.92. The standard InChI is InChI=1S/C12H12ClNO2/c1-3-16-12(15)6-9-4-8(2)10(7-14)11(13)5-9/h4-5H,3,6H2,1-2H3. The van der Waals surface area contributed by atoms with Gasteiger partial charge in [-0.2, -0.15) is 5.26 Å². The summed E-state index contributed by atoms with van der Waals surface area (Å²) in [7, 11) is 0. The van der Waals surface area contributed by atoms with Gasteiger partial charge in [0.1, 0.15) is 6.07 Å². The number of rotatable bonds is 3. The first-order valence-corrected chi connectivity index (χ1v) is 5.31. The second kappa shape index (κ2) is 5.53. The van der Waals surface area contributed by atoms with Crippen LogP contribution in [-0.2, 0) is 16.0 Å². The van der Waals surface area contributed by atoms with E-state index in [1.165, 1.54) is 0 Å². The Kier molecular flexibility index (Phi) is 4.33. The van der Waals surface area contributed by atoms with E-state index in [-0.39, 0.29) is 12.4 Å². The van der Waals surface area contributed by atoms with E-state index in [9.17, 15) is 4.79 Å². The predicted molar refractivity (Wildman–Crippen MR) is 61.2 cm³/mol. The summed E-state index contributed by atoms with van der Waals surface area (Å²) in [5.74, 6) is -0.289. The van der Waals surface area contributed by atoms with Gasteiger partial charge in [-0.15, -0.1) is 0 Å². The van der Waals surface area contributed by atoms with E-state index >= 15 is 0 Å². The zero-order valence-electron chi connectivity index (χ0n) is 9.21. The fourth-order valence-electron chi connectivity index (χ4n) is 1.44. The first-order chi connectivity index (χ1) is 7.58. The topological polar surface area (TPSA) is 50.1 Å². The molecule has 0 aromatic heterocycles. The van der Waals surface area contributed by atoms with E-state index in [0.717, 1.165) is 11.1 Å². The number of ether oxygens (including phenoxy) is 1. The second-order valence-corrected chi connectivity index (χ2v) is 3.77. The van der Waals surface area contributed by atoms with Gasteiger partial charge in [-0.1, -0.05) is 17.7 Å². The Labute approximate surface area is 99.6 Å². The number of carbonyl (C=O) groups excluding carboxylic acids is 1. The third-order valence-corrected chi connectivity index (χ3v) is 2.41. The number of aryl methyl sites for hydroxylation is 1. The zero-order chi connectivity index (χ0) is 12.1. The van der Waals surface area contributed by atoms with Crippen molar-refractivity contribution in [3.63, 3.8) is 0 Å². The summed E-state index contributed by atoms with van der Waals surface area (Å²) in [4.78, 5) is 11.3. The Morgan fingerprint density at radius 2 is 2.25 bits per heavy atom. The van der Waals surface area contributed by atoms with Gasteiger partial charge >= 0.3 is 5.97 Å². The van der Waals surface area contributed by atoms with Crippen molar-refractivity contribution >= 4 is 17.6 Å². The largest absolute Gasteiger partial charge is 0.466 e. The minimum atomic E-state index is -0.289. The van der Waals surface area contributed by atoms with Crippen LogP contribution >= 0.6 is 11.6 Å². The van der Waals surface area contributed by atoms with E-state index in [2.05, 4.69) is 0 Å². The molecule has 1 aromatic carbocycles. The molecule has 4 heteroatoms. The number of nitrogens with zero attached hydrogens (tertiary/aromatic N) is 1.